The number of aryl methyl sites for hydroxylation is 1. The van der Waals surface area contributed by atoms with Crippen LogP contribution in [-0.2, 0) is 6.54 Å². The smallest absolute Gasteiger partial charge is 0.194 e. The van der Waals surface area contributed by atoms with Crippen molar-refractivity contribution in [3.05, 3.63) is 35.4 Å². The van der Waals surface area contributed by atoms with Gasteiger partial charge in [-0.3, -0.25) is 9.50 Å². The average Bonchev–Trinajstić information content (AvgIpc) is 2.92. The van der Waals surface area contributed by atoms with E-state index in [9.17, 15) is 0 Å². The Hall–Kier alpha value is -1.82. The molecular formula is C10H11N5S. The zero-order chi connectivity index (χ0) is 11.0. The minimum absolute atomic E-state index is 0.753. The molecule has 3 rings (SSSR count). The second-order valence-corrected chi connectivity index (χ2v) is 4.41. The second-order valence-electron chi connectivity index (χ2n) is 3.54. The van der Waals surface area contributed by atoms with Gasteiger partial charge in [0, 0.05) is 17.8 Å². The Labute approximate surface area is 96.1 Å². The minimum atomic E-state index is 0.753. The molecule has 3 heterocycles. The molecule has 82 valence electrons. The quantitative estimate of drug-likeness (QED) is 0.727. The van der Waals surface area contributed by atoms with E-state index in [4.69, 9.17) is 0 Å². The first-order chi connectivity index (χ1) is 7.84. The Bertz CT molecular complexity index is 592. The fourth-order valence-electron chi connectivity index (χ4n) is 1.69. The molecule has 0 aliphatic rings. The molecule has 16 heavy (non-hydrogen) atoms. The summed E-state index contributed by atoms with van der Waals surface area (Å²) in [6, 6.07) is 0. The zero-order valence-corrected chi connectivity index (χ0v) is 9.58. The highest BCUT2D eigenvalue weighted by Crippen LogP contribution is 2.17. The van der Waals surface area contributed by atoms with Crippen LogP contribution in [0, 0.1) is 6.92 Å². The van der Waals surface area contributed by atoms with Gasteiger partial charge in [0.05, 0.1) is 29.8 Å². The highest BCUT2D eigenvalue weighted by atomic mass is 32.1. The lowest BCUT2D eigenvalue weighted by atomic mass is 10.3. The fourth-order valence-corrected chi connectivity index (χ4v) is 2.47. The van der Waals surface area contributed by atoms with Crippen molar-refractivity contribution < 1.29 is 0 Å². The number of aromatic amines is 1. The number of nitrogens with zero attached hydrogens (tertiary/aromatic N) is 3. The molecule has 0 fully saturated rings. The summed E-state index contributed by atoms with van der Waals surface area (Å²) in [5.74, 6) is 0. The Balaban J connectivity index is 1.88. The van der Waals surface area contributed by atoms with Gasteiger partial charge < -0.3 is 5.32 Å². The maximum Gasteiger partial charge on any atom is 0.194 e. The van der Waals surface area contributed by atoms with E-state index in [2.05, 4.69) is 24.9 Å². The molecule has 0 saturated heterocycles. The van der Waals surface area contributed by atoms with Gasteiger partial charge in [0.25, 0.3) is 0 Å². The number of anilines is 1. The number of thiazole rings is 1. The Morgan fingerprint density at radius 3 is 3.31 bits per heavy atom. The van der Waals surface area contributed by atoms with E-state index in [0.29, 0.717) is 0 Å². The topological polar surface area (TPSA) is 58.0 Å². The summed E-state index contributed by atoms with van der Waals surface area (Å²) in [7, 11) is 0. The number of imidazole rings is 1. The highest BCUT2D eigenvalue weighted by molar-refractivity contribution is 7.15. The molecule has 0 aliphatic carbocycles. The molecule has 0 bridgehead atoms. The third kappa shape index (κ3) is 1.47. The summed E-state index contributed by atoms with van der Waals surface area (Å²) in [6.07, 6.45) is 5.65. The SMILES string of the molecule is Cc1nc2sccn2c1CNc1cn[nH]c1. The van der Waals surface area contributed by atoms with Gasteiger partial charge in [-0.25, -0.2) is 4.98 Å². The maximum atomic E-state index is 4.49. The third-order valence-electron chi connectivity index (χ3n) is 2.52. The monoisotopic (exact) mass is 233 g/mol. The van der Waals surface area contributed by atoms with Crippen molar-refractivity contribution in [2.45, 2.75) is 13.5 Å². The van der Waals surface area contributed by atoms with Crippen LogP contribution in [0.25, 0.3) is 4.96 Å². The molecule has 0 aromatic carbocycles. The maximum absolute atomic E-state index is 4.49. The second kappa shape index (κ2) is 3.64. The predicted octanol–water partition coefficient (Wildman–Crippen LogP) is 2.04. The van der Waals surface area contributed by atoms with Gasteiger partial charge in [-0.05, 0) is 6.92 Å². The summed E-state index contributed by atoms with van der Waals surface area (Å²) in [4.78, 5) is 5.53. The predicted molar refractivity (Wildman–Crippen MR) is 63.7 cm³/mol. The molecule has 0 unspecified atom stereocenters. The standard InChI is InChI=1S/C10H11N5S/c1-7-9(6-11-8-4-12-13-5-8)15-2-3-16-10(15)14-7/h2-5,11H,6H2,1H3,(H,12,13). The van der Waals surface area contributed by atoms with Crippen LogP contribution in [0.4, 0.5) is 5.69 Å². The molecule has 0 saturated carbocycles. The summed E-state index contributed by atoms with van der Waals surface area (Å²) in [6.45, 7) is 2.79. The number of hydrogen-bond acceptors (Lipinski definition) is 4. The number of aromatic nitrogens is 4. The van der Waals surface area contributed by atoms with Crippen LogP contribution in [0.1, 0.15) is 11.4 Å². The summed E-state index contributed by atoms with van der Waals surface area (Å²) < 4.78 is 2.12. The summed E-state index contributed by atoms with van der Waals surface area (Å²) >= 11 is 1.65. The molecule has 0 amide bonds. The van der Waals surface area contributed by atoms with Crippen molar-refractivity contribution in [2.75, 3.05) is 5.32 Å². The molecule has 5 nitrogen and oxygen atoms in total. The minimum Gasteiger partial charge on any atom is -0.377 e. The van der Waals surface area contributed by atoms with Crippen molar-refractivity contribution in [2.24, 2.45) is 0 Å². The van der Waals surface area contributed by atoms with Crippen LogP contribution in [-0.4, -0.2) is 19.6 Å². The van der Waals surface area contributed by atoms with Crippen molar-refractivity contribution in [3.63, 3.8) is 0 Å². The van der Waals surface area contributed by atoms with E-state index in [1.54, 1.807) is 17.5 Å². The van der Waals surface area contributed by atoms with Gasteiger partial charge >= 0.3 is 0 Å². The molecule has 0 aliphatic heterocycles. The molecule has 6 heteroatoms. The average molecular weight is 233 g/mol. The van der Waals surface area contributed by atoms with Gasteiger partial charge in [0.2, 0.25) is 0 Å². The van der Waals surface area contributed by atoms with Crippen molar-refractivity contribution >= 4 is 22.0 Å². The van der Waals surface area contributed by atoms with Crippen molar-refractivity contribution in [1.29, 1.82) is 0 Å². The Morgan fingerprint density at radius 1 is 1.56 bits per heavy atom. The van der Waals surface area contributed by atoms with Crippen molar-refractivity contribution in [1.82, 2.24) is 19.6 Å². The van der Waals surface area contributed by atoms with E-state index < -0.39 is 0 Å². The highest BCUT2D eigenvalue weighted by Gasteiger charge is 2.08. The summed E-state index contributed by atoms with van der Waals surface area (Å²) in [5, 5.41) is 12.0. The van der Waals surface area contributed by atoms with E-state index >= 15 is 0 Å². The number of hydrogen-bond donors (Lipinski definition) is 2. The molecular weight excluding hydrogens is 222 g/mol. The first-order valence-electron chi connectivity index (χ1n) is 4.98. The van der Waals surface area contributed by atoms with Crippen molar-refractivity contribution in [3.8, 4) is 0 Å². The van der Waals surface area contributed by atoms with Crippen LogP contribution >= 0.6 is 11.3 Å². The summed E-state index contributed by atoms with van der Waals surface area (Å²) in [5.41, 5.74) is 3.25. The van der Waals surface area contributed by atoms with E-state index in [-0.39, 0.29) is 0 Å². The number of fused-ring (bicyclic) bond motifs is 1. The number of H-pyrrole nitrogens is 1. The zero-order valence-electron chi connectivity index (χ0n) is 8.77. The largest absolute Gasteiger partial charge is 0.377 e. The number of rotatable bonds is 3. The molecule has 3 aromatic heterocycles. The van der Waals surface area contributed by atoms with Crippen LogP contribution in [0.2, 0.25) is 0 Å². The molecule has 0 radical (unpaired) electrons. The Kier molecular flexibility index (Phi) is 2.14. The van der Waals surface area contributed by atoms with Crippen LogP contribution in [0.3, 0.4) is 0 Å². The van der Waals surface area contributed by atoms with E-state index in [1.165, 1.54) is 5.69 Å². The lowest BCUT2D eigenvalue weighted by molar-refractivity contribution is 0.995. The lowest BCUT2D eigenvalue weighted by Gasteiger charge is -2.03. The van der Waals surface area contributed by atoms with Gasteiger partial charge in [-0.15, -0.1) is 11.3 Å². The number of nitrogens with one attached hydrogen (secondary N) is 2. The van der Waals surface area contributed by atoms with Crippen LogP contribution < -0.4 is 5.32 Å². The molecule has 0 atom stereocenters. The lowest BCUT2D eigenvalue weighted by Crippen LogP contribution is -2.02. The molecule has 2 N–H and O–H groups in total. The third-order valence-corrected chi connectivity index (χ3v) is 3.28. The van der Waals surface area contributed by atoms with E-state index in [0.717, 1.165) is 22.9 Å². The van der Waals surface area contributed by atoms with Gasteiger partial charge in [0.15, 0.2) is 4.96 Å². The van der Waals surface area contributed by atoms with Gasteiger partial charge in [-0.2, -0.15) is 5.10 Å². The van der Waals surface area contributed by atoms with E-state index in [1.807, 2.05) is 24.7 Å². The van der Waals surface area contributed by atoms with Crippen LogP contribution in [0.15, 0.2) is 24.0 Å². The molecule has 0 spiro atoms. The first-order valence-corrected chi connectivity index (χ1v) is 5.86. The Morgan fingerprint density at radius 2 is 2.50 bits per heavy atom. The first kappa shape index (κ1) is 9.41. The van der Waals surface area contributed by atoms with Gasteiger partial charge in [-0.1, -0.05) is 0 Å². The van der Waals surface area contributed by atoms with Crippen LogP contribution in [0.5, 0.6) is 0 Å². The normalized spacial score (nSPS) is 11.1. The fraction of sp³-hybridized carbons (Fsp3) is 0.200. The van der Waals surface area contributed by atoms with Gasteiger partial charge in [0.1, 0.15) is 0 Å². The molecule has 3 aromatic rings.